The van der Waals surface area contributed by atoms with Crippen LogP contribution in [0.4, 0.5) is 0 Å². The summed E-state index contributed by atoms with van der Waals surface area (Å²) in [7, 11) is 4.45. The first kappa shape index (κ1) is 15.8. The van der Waals surface area contributed by atoms with Gasteiger partial charge in [-0.15, -0.1) is 0 Å². The third-order valence-electron chi connectivity index (χ3n) is 3.58. The van der Waals surface area contributed by atoms with Gasteiger partial charge in [-0.25, -0.2) is 0 Å². The van der Waals surface area contributed by atoms with Crippen molar-refractivity contribution in [3.8, 4) is 23.0 Å². The van der Waals surface area contributed by atoms with E-state index in [9.17, 15) is 9.90 Å². The van der Waals surface area contributed by atoms with Crippen LogP contribution in [-0.2, 0) is 11.2 Å². The molecule has 6 nitrogen and oxygen atoms in total. The molecule has 0 unspecified atom stereocenters. The van der Waals surface area contributed by atoms with Crippen LogP contribution in [0.3, 0.4) is 0 Å². The lowest BCUT2D eigenvalue weighted by molar-refractivity contribution is -0.136. The number of fused-ring (bicyclic) bond motifs is 1. The van der Waals surface area contributed by atoms with Crippen LogP contribution >= 0.6 is 0 Å². The minimum absolute atomic E-state index is 0.133. The van der Waals surface area contributed by atoms with E-state index in [1.54, 1.807) is 19.1 Å². The lowest BCUT2D eigenvalue weighted by atomic mass is 9.96. The Labute approximate surface area is 127 Å². The molecule has 2 N–H and O–H groups in total. The molecule has 22 heavy (non-hydrogen) atoms. The third-order valence-corrected chi connectivity index (χ3v) is 3.58. The van der Waals surface area contributed by atoms with E-state index in [0.717, 1.165) is 0 Å². The van der Waals surface area contributed by atoms with Crippen molar-refractivity contribution in [1.29, 1.82) is 0 Å². The van der Waals surface area contributed by atoms with Gasteiger partial charge in [0.15, 0.2) is 11.5 Å². The van der Waals surface area contributed by atoms with Gasteiger partial charge in [-0.2, -0.15) is 0 Å². The highest BCUT2D eigenvalue weighted by Gasteiger charge is 2.22. The number of methoxy groups -OCH3 is 3. The van der Waals surface area contributed by atoms with Gasteiger partial charge in [0.05, 0.1) is 33.1 Å². The second-order valence-corrected chi connectivity index (χ2v) is 4.83. The number of carboxylic acid groups (broad SMARTS) is 1. The Morgan fingerprint density at radius 3 is 2.23 bits per heavy atom. The number of hydrogen-bond donors (Lipinski definition) is 2. The van der Waals surface area contributed by atoms with Crippen LogP contribution in [0.1, 0.15) is 11.1 Å². The van der Waals surface area contributed by atoms with Crippen molar-refractivity contribution in [1.82, 2.24) is 0 Å². The number of hydrogen-bond acceptors (Lipinski definition) is 5. The summed E-state index contributed by atoms with van der Waals surface area (Å²) >= 11 is 0. The molecule has 0 heterocycles. The monoisotopic (exact) mass is 306 g/mol. The second-order valence-electron chi connectivity index (χ2n) is 4.83. The van der Waals surface area contributed by atoms with E-state index in [2.05, 4.69) is 0 Å². The van der Waals surface area contributed by atoms with Crippen LogP contribution < -0.4 is 14.2 Å². The van der Waals surface area contributed by atoms with Crippen LogP contribution in [0.15, 0.2) is 12.1 Å². The van der Waals surface area contributed by atoms with E-state index in [1.165, 1.54) is 21.3 Å². The molecule has 0 aromatic heterocycles. The zero-order valence-corrected chi connectivity index (χ0v) is 12.9. The highest BCUT2D eigenvalue weighted by Crippen LogP contribution is 2.47. The number of aryl methyl sites for hydroxylation is 1. The predicted octanol–water partition coefficient (Wildman–Crippen LogP) is 2.51. The van der Waals surface area contributed by atoms with Crippen molar-refractivity contribution in [2.24, 2.45) is 0 Å². The zero-order chi connectivity index (χ0) is 16.4. The summed E-state index contributed by atoms with van der Waals surface area (Å²) in [6.07, 6.45) is -0.281. The molecule has 2 rings (SSSR count). The topological polar surface area (TPSA) is 85.2 Å². The molecule has 6 heteroatoms. The normalized spacial score (nSPS) is 10.5. The molecule has 118 valence electrons. The molecule has 0 spiro atoms. The summed E-state index contributed by atoms with van der Waals surface area (Å²) in [6, 6.07) is 3.44. The number of aromatic hydroxyl groups is 1. The summed E-state index contributed by atoms with van der Waals surface area (Å²) < 4.78 is 15.9. The minimum atomic E-state index is -1.02. The predicted molar refractivity (Wildman–Crippen MR) is 81.3 cm³/mol. The molecule has 2 aromatic carbocycles. The summed E-state index contributed by atoms with van der Waals surface area (Å²) in [5, 5.41) is 20.6. The number of rotatable bonds is 5. The maximum absolute atomic E-state index is 11.0. The van der Waals surface area contributed by atoms with Crippen LogP contribution in [0.25, 0.3) is 10.8 Å². The van der Waals surface area contributed by atoms with Gasteiger partial charge >= 0.3 is 5.97 Å². The Balaban J connectivity index is 2.93. The fraction of sp³-hybridized carbons (Fsp3) is 0.312. The first-order chi connectivity index (χ1) is 10.4. The molecule has 0 atom stereocenters. The number of benzene rings is 2. The van der Waals surface area contributed by atoms with Crippen LogP contribution in [0, 0.1) is 6.92 Å². The molecule has 0 fully saturated rings. The quantitative estimate of drug-likeness (QED) is 0.883. The fourth-order valence-corrected chi connectivity index (χ4v) is 2.55. The van der Waals surface area contributed by atoms with E-state index in [4.69, 9.17) is 19.3 Å². The molecule has 2 aromatic rings. The summed E-state index contributed by atoms with van der Waals surface area (Å²) in [5.74, 6) is 0.0840. The Morgan fingerprint density at radius 2 is 1.73 bits per heavy atom. The molecule has 0 aliphatic carbocycles. The van der Waals surface area contributed by atoms with Crippen molar-refractivity contribution in [3.63, 3.8) is 0 Å². The van der Waals surface area contributed by atoms with Gasteiger partial charge in [-0.05, 0) is 18.6 Å². The van der Waals surface area contributed by atoms with Gasteiger partial charge in [0.2, 0.25) is 0 Å². The van der Waals surface area contributed by atoms with Crippen molar-refractivity contribution >= 4 is 16.7 Å². The average Bonchev–Trinajstić information content (AvgIpc) is 2.49. The minimum Gasteiger partial charge on any atom is -0.507 e. The number of phenolic OH excluding ortho intramolecular Hbond substituents is 1. The number of aliphatic carboxylic acids is 1. The number of carbonyl (C=O) groups is 1. The SMILES string of the molecule is COc1cc(OC)c2cc(C)c(CC(=O)O)c(O)c2c1OC. The van der Waals surface area contributed by atoms with Crippen molar-refractivity contribution in [2.75, 3.05) is 21.3 Å². The lowest BCUT2D eigenvalue weighted by Gasteiger charge is -2.17. The maximum atomic E-state index is 11.0. The largest absolute Gasteiger partial charge is 0.507 e. The zero-order valence-electron chi connectivity index (χ0n) is 12.9. The first-order valence-corrected chi connectivity index (χ1v) is 6.60. The van der Waals surface area contributed by atoms with E-state index < -0.39 is 5.97 Å². The summed E-state index contributed by atoms with van der Waals surface area (Å²) in [4.78, 5) is 11.0. The fourth-order valence-electron chi connectivity index (χ4n) is 2.55. The van der Waals surface area contributed by atoms with Gasteiger partial charge in [0, 0.05) is 17.0 Å². The summed E-state index contributed by atoms with van der Waals surface area (Å²) in [6.45, 7) is 1.74. The Bertz CT molecular complexity index is 735. The van der Waals surface area contributed by atoms with Gasteiger partial charge in [0.25, 0.3) is 0 Å². The number of carboxylic acids is 1. The van der Waals surface area contributed by atoms with E-state index >= 15 is 0 Å². The molecule has 0 saturated heterocycles. The van der Waals surface area contributed by atoms with E-state index in [1.807, 2.05) is 0 Å². The van der Waals surface area contributed by atoms with Gasteiger partial charge in [-0.3, -0.25) is 4.79 Å². The number of phenols is 1. The summed E-state index contributed by atoms with van der Waals surface area (Å²) in [5.41, 5.74) is 1.01. The number of ether oxygens (including phenoxy) is 3. The van der Waals surface area contributed by atoms with Crippen LogP contribution in [0.2, 0.25) is 0 Å². The maximum Gasteiger partial charge on any atom is 0.307 e. The molecule has 0 bridgehead atoms. The third kappa shape index (κ3) is 2.47. The van der Waals surface area contributed by atoms with E-state index in [0.29, 0.717) is 39.1 Å². The molecule has 0 radical (unpaired) electrons. The highest BCUT2D eigenvalue weighted by molar-refractivity contribution is 6.01. The molecule has 0 aliphatic heterocycles. The first-order valence-electron chi connectivity index (χ1n) is 6.60. The molecular weight excluding hydrogens is 288 g/mol. The lowest BCUT2D eigenvalue weighted by Crippen LogP contribution is -2.04. The van der Waals surface area contributed by atoms with Crippen molar-refractivity contribution < 1.29 is 29.2 Å². The van der Waals surface area contributed by atoms with Crippen molar-refractivity contribution in [2.45, 2.75) is 13.3 Å². The van der Waals surface area contributed by atoms with Crippen LogP contribution in [0.5, 0.6) is 23.0 Å². The molecular formula is C16H18O6. The molecule has 0 amide bonds. The van der Waals surface area contributed by atoms with E-state index in [-0.39, 0.29) is 12.2 Å². The Kier molecular flexibility index (Phi) is 4.30. The Morgan fingerprint density at radius 1 is 1.09 bits per heavy atom. The van der Waals surface area contributed by atoms with Crippen LogP contribution in [-0.4, -0.2) is 37.5 Å². The van der Waals surface area contributed by atoms with Crippen molar-refractivity contribution in [3.05, 3.63) is 23.3 Å². The second kappa shape index (κ2) is 6.01. The standard InChI is InChI=1S/C16H18O6/c1-8-5-10-11(20-2)7-12(21-3)16(22-4)14(10)15(19)9(8)6-13(17)18/h5,7,19H,6H2,1-4H3,(H,17,18). The van der Waals surface area contributed by atoms with Gasteiger partial charge in [-0.1, -0.05) is 0 Å². The Hall–Kier alpha value is -2.63. The highest BCUT2D eigenvalue weighted by atomic mass is 16.5. The molecule has 0 aliphatic rings. The molecule has 0 saturated carbocycles. The smallest absolute Gasteiger partial charge is 0.307 e. The van der Waals surface area contributed by atoms with Gasteiger partial charge < -0.3 is 24.4 Å². The van der Waals surface area contributed by atoms with Gasteiger partial charge in [0.1, 0.15) is 11.5 Å². The average molecular weight is 306 g/mol.